The number of nitrogens with zero attached hydrogens (tertiary/aromatic N) is 2. The molecule has 0 unspecified atom stereocenters. The first kappa shape index (κ1) is 24.9. The van der Waals surface area contributed by atoms with Gasteiger partial charge in [-0.1, -0.05) is 54.1 Å². The minimum Gasteiger partial charge on any atom is -0.352 e. The summed E-state index contributed by atoms with van der Waals surface area (Å²) in [5.74, 6) is -0.336. The summed E-state index contributed by atoms with van der Waals surface area (Å²) >= 11 is 6.33. The predicted molar refractivity (Wildman–Crippen MR) is 140 cm³/mol. The zero-order valence-corrected chi connectivity index (χ0v) is 21.0. The van der Waals surface area contributed by atoms with E-state index in [4.69, 9.17) is 11.6 Å². The van der Waals surface area contributed by atoms with Crippen LogP contribution < -0.4 is 10.6 Å². The predicted octanol–water partition coefficient (Wildman–Crippen LogP) is 4.43. The molecular weight excluding hydrogens is 460 g/mol. The standard InChI is InChI=1S/C28H31ClN4O2/c1-19-24(27(34)31-13-7-10-21-8-4-3-5-9-21)26(22-11-6-12-23(29)18-22)25(20(2)32-19)28(35)33-16-14-30-15-17-33/h3-6,8-9,11-12,18,30H,7,10,13-17H2,1-2H3,(H,31,34). The van der Waals surface area contributed by atoms with E-state index in [9.17, 15) is 9.59 Å². The lowest BCUT2D eigenvalue weighted by Crippen LogP contribution is -2.46. The van der Waals surface area contributed by atoms with Gasteiger partial charge in [0.1, 0.15) is 0 Å². The summed E-state index contributed by atoms with van der Waals surface area (Å²) < 4.78 is 0. The second-order valence-corrected chi connectivity index (χ2v) is 9.24. The molecule has 1 aliphatic rings. The van der Waals surface area contributed by atoms with Gasteiger partial charge in [-0.25, -0.2) is 0 Å². The molecule has 1 fully saturated rings. The van der Waals surface area contributed by atoms with E-state index in [1.165, 1.54) is 5.56 Å². The lowest BCUT2D eigenvalue weighted by molar-refractivity contribution is 0.0735. The highest BCUT2D eigenvalue weighted by Gasteiger charge is 2.29. The molecule has 2 N–H and O–H groups in total. The summed E-state index contributed by atoms with van der Waals surface area (Å²) in [6.07, 6.45) is 1.69. The Morgan fingerprint density at radius 1 is 1.00 bits per heavy atom. The molecule has 0 saturated carbocycles. The molecule has 1 saturated heterocycles. The molecular formula is C28H31ClN4O2. The van der Waals surface area contributed by atoms with Gasteiger partial charge in [-0.3, -0.25) is 14.6 Å². The SMILES string of the molecule is Cc1nc(C)c(C(=O)N2CCNCC2)c(-c2cccc(Cl)c2)c1C(=O)NCCCc1ccccc1. The molecule has 3 aromatic rings. The van der Waals surface area contributed by atoms with E-state index in [0.29, 0.717) is 52.7 Å². The normalized spacial score (nSPS) is 13.5. The maximum Gasteiger partial charge on any atom is 0.256 e. The fourth-order valence-electron chi connectivity index (χ4n) is 4.58. The number of nitrogens with one attached hydrogen (secondary N) is 2. The van der Waals surface area contributed by atoms with Crippen molar-refractivity contribution in [3.8, 4) is 11.1 Å². The summed E-state index contributed by atoms with van der Waals surface area (Å²) in [5, 5.41) is 6.88. The summed E-state index contributed by atoms with van der Waals surface area (Å²) in [5.41, 5.74) is 4.67. The first-order valence-corrected chi connectivity index (χ1v) is 12.4. The van der Waals surface area contributed by atoms with Gasteiger partial charge in [-0.05, 0) is 49.9 Å². The van der Waals surface area contributed by atoms with Crippen molar-refractivity contribution in [3.63, 3.8) is 0 Å². The van der Waals surface area contributed by atoms with Gasteiger partial charge in [0.15, 0.2) is 0 Å². The molecule has 7 heteroatoms. The Morgan fingerprint density at radius 3 is 2.43 bits per heavy atom. The molecule has 1 aliphatic heterocycles. The van der Waals surface area contributed by atoms with Crippen molar-refractivity contribution in [2.75, 3.05) is 32.7 Å². The largest absolute Gasteiger partial charge is 0.352 e. The summed E-state index contributed by atoms with van der Waals surface area (Å²) in [6, 6.07) is 17.5. The first-order valence-electron chi connectivity index (χ1n) is 12.0. The van der Waals surface area contributed by atoms with Crippen molar-refractivity contribution in [1.82, 2.24) is 20.5 Å². The van der Waals surface area contributed by atoms with Crippen LogP contribution in [-0.2, 0) is 6.42 Å². The van der Waals surface area contributed by atoms with Gasteiger partial charge in [0, 0.05) is 43.3 Å². The van der Waals surface area contributed by atoms with E-state index >= 15 is 0 Å². The highest BCUT2D eigenvalue weighted by atomic mass is 35.5. The first-order chi connectivity index (χ1) is 17.0. The number of carbonyl (C=O) groups is 2. The van der Waals surface area contributed by atoms with Crippen LogP contribution in [0.25, 0.3) is 11.1 Å². The van der Waals surface area contributed by atoms with Crippen LogP contribution in [0.4, 0.5) is 0 Å². The molecule has 0 atom stereocenters. The van der Waals surface area contributed by atoms with Crippen LogP contribution in [-0.4, -0.2) is 54.4 Å². The molecule has 182 valence electrons. The molecule has 0 spiro atoms. The zero-order chi connectivity index (χ0) is 24.8. The van der Waals surface area contributed by atoms with Gasteiger partial charge in [0.25, 0.3) is 11.8 Å². The Bertz CT molecular complexity index is 1210. The van der Waals surface area contributed by atoms with Crippen LogP contribution in [0.1, 0.15) is 44.1 Å². The van der Waals surface area contributed by atoms with Gasteiger partial charge in [0.05, 0.1) is 22.5 Å². The fourth-order valence-corrected chi connectivity index (χ4v) is 4.77. The average molecular weight is 491 g/mol. The second-order valence-electron chi connectivity index (χ2n) is 8.81. The average Bonchev–Trinajstić information content (AvgIpc) is 2.87. The van der Waals surface area contributed by atoms with E-state index in [0.717, 1.165) is 31.5 Å². The number of piperazine rings is 1. The van der Waals surface area contributed by atoms with Crippen LogP contribution in [0.5, 0.6) is 0 Å². The third-order valence-corrected chi connectivity index (χ3v) is 6.52. The Kier molecular flexibility index (Phi) is 8.16. The van der Waals surface area contributed by atoms with Gasteiger partial charge >= 0.3 is 0 Å². The smallest absolute Gasteiger partial charge is 0.256 e. The highest BCUT2D eigenvalue weighted by molar-refractivity contribution is 6.31. The number of carbonyl (C=O) groups excluding carboxylic acids is 2. The number of rotatable bonds is 7. The number of pyridine rings is 1. The lowest BCUT2D eigenvalue weighted by atomic mass is 9.91. The van der Waals surface area contributed by atoms with Crippen LogP contribution in [0.3, 0.4) is 0 Å². The molecule has 2 amide bonds. The summed E-state index contributed by atoms with van der Waals surface area (Å²) in [6.45, 7) is 6.88. The van der Waals surface area contributed by atoms with Crippen molar-refractivity contribution in [1.29, 1.82) is 0 Å². The summed E-state index contributed by atoms with van der Waals surface area (Å²) in [7, 11) is 0. The van der Waals surface area contributed by atoms with E-state index in [1.807, 2.05) is 49.1 Å². The molecule has 35 heavy (non-hydrogen) atoms. The molecule has 1 aromatic heterocycles. The molecule has 4 rings (SSSR count). The number of benzene rings is 2. The summed E-state index contributed by atoms with van der Waals surface area (Å²) in [4.78, 5) is 33.7. The topological polar surface area (TPSA) is 74.3 Å². The maximum atomic E-state index is 13.7. The Morgan fingerprint density at radius 2 is 1.71 bits per heavy atom. The van der Waals surface area contributed by atoms with Crippen molar-refractivity contribution >= 4 is 23.4 Å². The monoisotopic (exact) mass is 490 g/mol. The van der Waals surface area contributed by atoms with Crippen LogP contribution in [0.15, 0.2) is 54.6 Å². The molecule has 6 nitrogen and oxygen atoms in total. The third-order valence-electron chi connectivity index (χ3n) is 6.29. The maximum absolute atomic E-state index is 13.7. The molecule has 0 bridgehead atoms. The van der Waals surface area contributed by atoms with Crippen molar-refractivity contribution in [3.05, 3.63) is 87.7 Å². The number of amides is 2. The minimum absolute atomic E-state index is 0.107. The van der Waals surface area contributed by atoms with Crippen LogP contribution >= 0.6 is 11.6 Å². The van der Waals surface area contributed by atoms with E-state index in [2.05, 4.69) is 27.8 Å². The highest BCUT2D eigenvalue weighted by Crippen LogP contribution is 2.33. The van der Waals surface area contributed by atoms with E-state index in [-0.39, 0.29) is 11.8 Å². The van der Waals surface area contributed by atoms with E-state index in [1.54, 1.807) is 12.1 Å². The Hall–Kier alpha value is -3.22. The van der Waals surface area contributed by atoms with Crippen molar-refractivity contribution < 1.29 is 9.59 Å². The lowest BCUT2D eigenvalue weighted by Gasteiger charge is -2.29. The van der Waals surface area contributed by atoms with E-state index < -0.39 is 0 Å². The Balaban J connectivity index is 1.68. The number of hydrogen-bond acceptors (Lipinski definition) is 4. The van der Waals surface area contributed by atoms with Gasteiger partial charge < -0.3 is 15.5 Å². The third kappa shape index (κ3) is 5.89. The number of aromatic nitrogens is 1. The number of aryl methyl sites for hydroxylation is 3. The van der Waals surface area contributed by atoms with Gasteiger partial charge in [-0.15, -0.1) is 0 Å². The van der Waals surface area contributed by atoms with Crippen molar-refractivity contribution in [2.45, 2.75) is 26.7 Å². The quantitative estimate of drug-likeness (QED) is 0.480. The fraction of sp³-hybridized carbons (Fsp3) is 0.321. The molecule has 2 aromatic carbocycles. The Labute approximate surface area is 211 Å². The minimum atomic E-state index is -0.229. The molecule has 0 radical (unpaired) electrons. The molecule has 0 aliphatic carbocycles. The van der Waals surface area contributed by atoms with Crippen LogP contribution in [0.2, 0.25) is 5.02 Å². The second kappa shape index (κ2) is 11.5. The van der Waals surface area contributed by atoms with Gasteiger partial charge in [-0.2, -0.15) is 0 Å². The van der Waals surface area contributed by atoms with Crippen molar-refractivity contribution in [2.24, 2.45) is 0 Å². The van der Waals surface area contributed by atoms with Crippen LogP contribution in [0, 0.1) is 13.8 Å². The molecule has 2 heterocycles. The zero-order valence-electron chi connectivity index (χ0n) is 20.2. The number of hydrogen-bond donors (Lipinski definition) is 2. The van der Waals surface area contributed by atoms with Gasteiger partial charge in [0.2, 0.25) is 0 Å². The number of halogens is 1.